The van der Waals surface area contributed by atoms with Crippen LogP contribution in [-0.2, 0) is 67.8 Å². The van der Waals surface area contributed by atoms with Crippen LogP contribution in [0.2, 0.25) is 0 Å². The van der Waals surface area contributed by atoms with Crippen molar-refractivity contribution in [2.45, 2.75) is 63.1 Å². The van der Waals surface area contributed by atoms with Crippen LogP contribution in [-0.4, -0.2) is 118 Å². The van der Waals surface area contributed by atoms with Crippen LogP contribution in [0.25, 0.3) is 5.32 Å². The van der Waals surface area contributed by atoms with Gasteiger partial charge >= 0.3 is 23.9 Å². The molecule has 0 saturated heterocycles. The van der Waals surface area contributed by atoms with Gasteiger partial charge in [0.25, 0.3) is 12.4 Å². The number of urea groups is 1. The summed E-state index contributed by atoms with van der Waals surface area (Å²) >= 11 is 5.31. The van der Waals surface area contributed by atoms with Crippen molar-refractivity contribution in [1.82, 2.24) is 20.9 Å². The Morgan fingerprint density at radius 2 is 1.58 bits per heavy atom. The second kappa shape index (κ2) is 25.6. The molecule has 48 heavy (non-hydrogen) atoms. The Kier molecular flexibility index (Phi) is 23.7. The van der Waals surface area contributed by atoms with Crippen molar-refractivity contribution in [1.29, 1.82) is 0 Å². The molecule has 2 amide bonds. The van der Waals surface area contributed by atoms with Crippen molar-refractivity contribution in [2.24, 2.45) is 0 Å². The molecule has 0 bridgehead atoms. The molecule has 17 nitrogen and oxygen atoms in total. The Morgan fingerprint density at radius 1 is 0.958 bits per heavy atom. The van der Waals surface area contributed by atoms with Gasteiger partial charge in [-0.05, 0) is 74.7 Å². The average Bonchev–Trinajstić information content (AvgIpc) is 3.01. The molecular formula is C29H42N6O11SY-2. The van der Waals surface area contributed by atoms with E-state index in [1.807, 2.05) is 29.2 Å². The fourth-order valence-corrected chi connectivity index (χ4v) is 4.49. The number of carbonyl (C=O) groups is 6. The van der Waals surface area contributed by atoms with Gasteiger partial charge in [0.05, 0.1) is 0 Å². The zero-order valence-electron chi connectivity index (χ0n) is 26.3. The molecule has 3 unspecified atom stereocenters. The Labute approximate surface area is 308 Å². The predicted molar refractivity (Wildman–Crippen MR) is 173 cm³/mol. The quantitative estimate of drug-likeness (QED) is 0.0229. The summed E-state index contributed by atoms with van der Waals surface area (Å²) in [7, 11) is 0. The van der Waals surface area contributed by atoms with Crippen LogP contribution in [0.1, 0.15) is 44.1 Å². The number of amides is 2. The molecule has 0 heterocycles. The summed E-state index contributed by atoms with van der Waals surface area (Å²) < 4.78 is 4.97. The van der Waals surface area contributed by atoms with Gasteiger partial charge in [0.15, 0.2) is 5.11 Å². The average molecular weight is 772 g/mol. The van der Waals surface area contributed by atoms with Gasteiger partial charge in [-0.15, -0.1) is 6.54 Å². The van der Waals surface area contributed by atoms with Gasteiger partial charge in [0, 0.05) is 51.4 Å². The number of ether oxygens (including phenoxy) is 1. The zero-order valence-corrected chi connectivity index (χ0v) is 30.0. The number of aliphatic carboxylic acids is 4. The first-order valence-electron chi connectivity index (χ1n) is 14.7. The van der Waals surface area contributed by atoms with Gasteiger partial charge in [-0.25, -0.2) is 14.4 Å². The third kappa shape index (κ3) is 20.0. The largest absolute Gasteiger partial charge is 0.653 e. The maximum atomic E-state index is 12.1. The molecule has 19 heteroatoms. The monoisotopic (exact) mass is 771 g/mol. The van der Waals surface area contributed by atoms with Crippen LogP contribution in [0.5, 0.6) is 0 Å². The molecule has 1 aromatic rings. The van der Waals surface area contributed by atoms with E-state index in [1.165, 1.54) is 0 Å². The number of benzene rings is 1. The Bertz CT molecular complexity index is 1190. The number of hydrogen-bond donors (Lipinski definition) is 8. The second-order valence-corrected chi connectivity index (χ2v) is 10.7. The van der Waals surface area contributed by atoms with Crippen molar-refractivity contribution >= 4 is 59.4 Å². The van der Waals surface area contributed by atoms with E-state index in [-0.39, 0.29) is 82.9 Å². The van der Waals surface area contributed by atoms with E-state index in [1.54, 1.807) is 0 Å². The van der Waals surface area contributed by atoms with Crippen LogP contribution in [0, 0.1) is 6.92 Å². The molecule has 0 aromatic heterocycles. The van der Waals surface area contributed by atoms with E-state index in [0.29, 0.717) is 44.5 Å². The van der Waals surface area contributed by atoms with Crippen LogP contribution >= 0.6 is 12.2 Å². The summed E-state index contributed by atoms with van der Waals surface area (Å²) in [4.78, 5) is 69.0. The number of carboxylic acids is 4. The molecule has 1 rings (SSSR count). The van der Waals surface area contributed by atoms with Gasteiger partial charge in [-0.3, -0.25) is 19.3 Å². The van der Waals surface area contributed by atoms with Crippen molar-refractivity contribution in [2.75, 3.05) is 38.2 Å². The van der Waals surface area contributed by atoms with Crippen LogP contribution < -0.4 is 21.3 Å². The summed E-state index contributed by atoms with van der Waals surface area (Å²) in [5.74, 6) is -5.01. The molecule has 0 saturated carbocycles. The van der Waals surface area contributed by atoms with E-state index >= 15 is 0 Å². The van der Waals surface area contributed by atoms with E-state index in [9.17, 15) is 33.9 Å². The summed E-state index contributed by atoms with van der Waals surface area (Å²) in [6.07, 6.45) is 1.15. The van der Waals surface area contributed by atoms with Gasteiger partial charge < -0.3 is 58.7 Å². The van der Waals surface area contributed by atoms with Crippen molar-refractivity contribution in [3.05, 3.63) is 42.1 Å². The van der Waals surface area contributed by atoms with Gasteiger partial charge in [0.1, 0.15) is 18.8 Å². The van der Waals surface area contributed by atoms with E-state index in [2.05, 4.69) is 33.5 Å². The third-order valence-electron chi connectivity index (χ3n) is 6.66. The van der Waals surface area contributed by atoms with Gasteiger partial charge in [-0.2, -0.15) is 6.42 Å². The fourth-order valence-electron chi connectivity index (χ4n) is 4.27. The minimum atomic E-state index is -1.49. The minimum Gasteiger partial charge on any atom is -0.653 e. The number of carboxylic acid groups (broad SMARTS) is 4. The van der Waals surface area contributed by atoms with Crippen LogP contribution in [0.3, 0.4) is 0 Å². The molecule has 3 atom stereocenters. The van der Waals surface area contributed by atoms with E-state index in [4.69, 9.17) is 32.3 Å². The number of nitrogens with zero attached hydrogens (tertiary/aromatic N) is 2. The summed E-state index contributed by atoms with van der Waals surface area (Å²) in [5.41, 5.74) is 1.68. The predicted octanol–water partition coefficient (Wildman–Crippen LogP) is 1.24. The van der Waals surface area contributed by atoms with Gasteiger partial charge in [0.2, 0.25) is 0 Å². The van der Waals surface area contributed by atoms with E-state index < -0.39 is 48.4 Å². The Balaban J connectivity index is 0.0000221. The summed E-state index contributed by atoms with van der Waals surface area (Å²) in [6.45, 7) is 5.35. The first-order valence-corrected chi connectivity index (χ1v) is 15.1. The standard InChI is InChI=1S/C29H42N6O11S.Y/c1-2-21(35(17-46-18-36)14-4-12-30-16-25(39)40)15-19-6-8-20(9-7-19)32-29(47)31-13-3-5-22(26(41)42)33-28(45)34-23(27(43)44)10-11-24(37)38;/h6-9,18,21-23H,1-5,10-17H2,(H,37,38)(H,39,40)(H,41,42)(H,43,44)(H2,31,32,47)(H2,33,34,45);/q-2;. The smallest absolute Gasteiger partial charge is 0.326 e. The summed E-state index contributed by atoms with van der Waals surface area (Å²) in [6, 6.07) is 3.54. The van der Waals surface area contributed by atoms with Crippen molar-refractivity contribution in [3.8, 4) is 0 Å². The number of hydrogen-bond acceptors (Lipinski definition) is 9. The maximum Gasteiger partial charge on any atom is 0.326 e. The van der Waals surface area contributed by atoms with Crippen LogP contribution in [0.15, 0.2) is 24.3 Å². The molecule has 0 spiro atoms. The minimum absolute atomic E-state index is 0. The molecule has 265 valence electrons. The third-order valence-corrected chi connectivity index (χ3v) is 6.91. The van der Waals surface area contributed by atoms with E-state index in [0.717, 1.165) is 5.56 Å². The number of anilines is 1. The maximum absolute atomic E-state index is 12.1. The molecular weight excluding hydrogens is 729 g/mol. The fraction of sp³-hybridized carbons (Fsp3) is 0.517. The number of rotatable bonds is 25. The number of nitrogens with one attached hydrogen (secondary N) is 4. The topological polar surface area (TPSA) is 258 Å². The number of thiocarbonyl (C=S) groups is 1. The molecule has 0 aliphatic rings. The van der Waals surface area contributed by atoms with Crippen molar-refractivity contribution < 1.29 is 86.6 Å². The number of carbonyl (C=O) groups excluding carboxylic acids is 2. The van der Waals surface area contributed by atoms with Crippen LogP contribution in [0.4, 0.5) is 10.5 Å². The molecule has 0 aliphatic heterocycles. The SMILES string of the molecule is [CH2-]CC(Cc1ccc(NC(=S)NCCCC(NC(=O)NC(CCC(=O)O)C(=O)O)C(=O)O)cc1)N(CCC[N-]CC(=O)O)COC=O.[Y]. The molecule has 8 N–H and O–H groups in total. The zero-order chi connectivity index (χ0) is 35.2. The second-order valence-electron chi connectivity index (χ2n) is 10.3. The normalized spacial score (nSPS) is 12.4. The Morgan fingerprint density at radius 3 is 2.12 bits per heavy atom. The molecule has 0 aliphatic carbocycles. The molecule has 0 fully saturated rings. The molecule has 1 aromatic carbocycles. The van der Waals surface area contributed by atoms with Crippen molar-refractivity contribution in [3.63, 3.8) is 0 Å². The summed E-state index contributed by atoms with van der Waals surface area (Å²) in [5, 5.41) is 50.5. The Hall–Kier alpha value is -3.45. The molecule has 1 radical (unpaired) electrons. The van der Waals surface area contributed by atoms with Gasteiger partial charge in [-0.1, -0.05) is 18.6 Å². The first kappa shape index (κ1) is 44.6. The first-order chi connectivity index (χ1) is 22.4.